The second kappa shape index (κ2) is 6.56. The van der Waals surface area contributed by atoms with E-state index in [1.807, 2.05) is 66.2 Å². The molecule has 4 rings (SSSR count). The molecule has 0 bridgehead atoms. The van der Waals surface area contributed by atoms with Crippen LogP contribution in [0.15, 0.2) is 66.8 Å². The van der Waals surface area contributed by atoms with Gasteiger partial charge in [0, 0.05) is 18.2 Å². The molecular weight excluding hydrogens is 324 g/mol. The van der Waals surface area contributed by atoms with Crippen LogP contribution in [0.3, 0.4) is 0 Å². The Kier molecular flexibility index (Phi) is 3.79. The zero-order chi connectivity index (χ0) is 19.0. The van der Waals surface area contributed by atoms with Crippen molar-refractivity contribution < 1.29 is 10.8 Å². The summed E-state index contributed by atoms with van der Waals surface area (Å²) in [6.45, 7) is 0. The third kappa shape index (κ3) is 2.80. The minimum atomic E-state index is 0.260. The smallest absolute Gasteiger partial charge is 0.140 e. The van der Waals surface area contributed by atoms with E-state index < -0.39 is 0 Å². The standard InChI is InChI=1S/C22H20N2O2/c1-24-21(14-23-22(24)15-6-9-19(25-2)10-7-15)18-5-4-17-13-20(26-3)11-8-16(17)12-18/h4-14H,1-3H3/i14D. The highest BCUT2D eigenvalue weighted by Gasteiger charge is 2.11. The van der Waals surface area contributed by atoms with Crippen LogP contribution in [0.2, 0.25) is 0 Å². The van der Waals surface area contributed by atoms with E-state index in [1.54, 1.807) is 14.2 Å². The fourth-order valence-electron chi connectivity index (χ4n) is 3.12. The number of benzene rings is 3. The van der Waals surface area contributed by atoms with Crippen LogP contribution in [0.25, 0.3) is 33.4 Å². The molecule has 0 amide bonds. The lowest BCUT2D eigenvalue weighted by Gasteiger charge is -2.09. The molecule has 0 aliphatic rings. The number of methoxy groups -OCH3 is 2. The number of hydrogen-bond acceptors (Lipinski definition) is 3. The minimum absolute atomic E-state index is 0.260. The summed E-state index contributed by atoms with van der Waals surface area (Å²) in [7, 11) is 5.25. The normalized spacial score (nSPS) is 11.4. The molecule has 1 aromatic heterocycles. The van der Waals surface area contributed by atoms with Gasteiger partial charge < -0.3 is 14.0 Å². The predicted octanol–water partition coefficient (Wildman–Crippen LogP) is 4.92. The van der Waals surface area contributed by atoms with Crippen LogP contribution in [0.5, 0.6) is 11.5 Å². The Labute approximate surface area is 154 Å². The molecule has 4 nitrogen and oxygen atoms in total. The molecule has 0 fully saturated rings. The van der Waals surface area contributed by atoms with Crippen LogP contribution in [0, 0.1) is 0 Å². The Morgan fingerprint density at radius 1 is 0.808 bits per heavy atom. The number of aromatic nitrogens is 2. The van der Waals surface area contributed by atoms with Gasteiger partial charge in [0.15, 0.2) is 0 Å². The van der Waals surface area contributed by atoms with Gasteiger partial charge in [0.25, 0.3) is 0 Å². The fourth-order valence-corrected chi connectivity index (χ4v) is 3.12. The Hall–Kier alpha value is -3.27. The third-order valence-corrected chi connectivity index (χ3v) is 4.59. The topological polar surface area (TPSA) is 36.3 Å². The van der Waals surface area contributed by atoms with Crippen LogP contribution < -0.4 is 9.47 Å². The van der Waals surface area contributed by atoms with Gasteiger partial charge in [-0.1, -0.05) is 18.2 Å². The molecule has 0 aliphatic carbocycles. The van der Waals surface area contributed by atoms with E-state index in [0.717, 1.165) is 44.9 Å². The summed E-state index contributed by atoms with van der Waals surface area (Å²) in [6.07, 6.45) is 0.260. The van der Waals surface area contributed by atoms with E-state index in [4.69, 9.17) is 10.8 Å². The van der Waals surface area contributed by atoms with Crippen LogP contribution in [-0.4, -0.2) is 23.8 Å². The number of nitrogens with zero attached hydrogens (tertiary/aromatic N) is 2. The number of fused-ring (bicyclic) bond motifs is 1. The van der Waals surface area contributed by atoms with E-state index in [2.05, 4.69) is 11.1 Å². The summed E-state index contributed by atoms with van der Waals surface area (Å²) in [5.41, 5.74) is 2.70. The average Bonchev–Trinajstić information content (AvgIpc) is 3.01. The Balaban J connectivity index is 1.79. The second-order valence-corrected chi connectivity index (χ2v) is 6.11. The summed E-state index contributed by atoms with van der Waals surface area (Å²) in [5, 5.41) is 2.20. The fraction of sp³-hybridized carbons (Fsp3) is 0.136. The highest BCUT2D eigenvalue weighted by atomic mass is 16.5. The van der Waals surface area contributed by atoms with Gasteiger partial charge >= 0.3 is 0 Å². The quantitative estimate of drug-likeness (QED) is 0.526. The van der Waals surface area contributed by atoms with E-state index in [0.29, 0.717) is 0 Å². The Morgan fingerprint density at radius 3 is 2.15 bits per heavy atom. The van der Waals surface area contributed by atoms with Gasteiger partial charge in [0.1, 0.15) is 17.3 Å². The van der Waals surface area contributed by atoms with Crippen LogP contribution in [0.4, 0.5) is 0 Å². The van der Waals surface area contributed by atoms with E-state index in [-0.39, 0.29) is 6.17 Å². The van der Waals surface area contributed by atoms with Crippen molar-refractivity contribution in [2.75, 3.05) is 14.2 Å². The SMILES string of the molecule is [2H]c1nc(-c2ccc(OC)cc2)n(C)c1-c1ccc2cc(OC)ccc2c1. The summed E-state index contributed by atoms with van der Waals surface area (Å²) in [4.78, 5) is 4.49. The monoisotopic (exact) mass is 345 g/mol. The first-order valence-corrected chi connectivity index (χ1v) is 8.36. The second-order valence-electron chi connectivity index (χ2n) is 6.11. The van der Waals surface area contributed by atoms with Crippen molar-refractivity contribution in [2.24, 2.45) is 7.05 Å². The molecule has 0 unspecified atom stereocenters. The maximum absolute atomic E-state index is 8.39. The zero-order valence-corrected chi connectivity index (χ0v) is 15.0. The number of imidazole rings is 1. The van der Waals surface area contributed by atoms with Gasteiger partial charge in [-0.15, -0.1) is 0 Å². The van der Waals surface area contributed by atoms with E-state index >= 15 is 0 Å². The zero-order valence-electron chi connectivity index (χ0n) is 16.0. The number of ether oxygens (including phenoxy) is 2. The minimum Gasteiger partial charge on any atom is -0.497 e. The van der Waals surface area contributed by atoms with E-state index in [1.165, 1.54) is 0 Å². The highest BCUT2D eigenvalue weighted by Crippen LogP contribution is 2.30. The maximum atomic E-state index is 8.39. The third-order valence-electron chi connectivity index (χ3n) is 4.59. The molecule has 0 atom stereocenters. The van der Waals surface area contributed by atoms with Crippen molar-refractivity contribution in [3.05, 3.63) is 66.8 Å². The number of hydrogen-bond donors (Lipinski definition) is 0. The molecule has 0 N–H and O–H groups in total. The predicted molar refractivity (Wildman–Crippen MR) is 105 cm³/mol. The number of rotatable bonds is 4. The largest absolute Gasteiger partial charge is 0.497 e. The molecule has 26 heavy (non-hydrogen) atoms. The Bertz CT molecular complexity index is 1120. The maximum Gasteiger partial charge on any atom is 0.140 e. The van der Waals surface area contributed by atoms with Crippen molar-refractivity contribution in [3.8, 4) is 34.1 Å². The van der Waals surface area contributed by atoms with Crippen molar-refractivity contribution in [3.63, 3.8) is 0 Å². The summed E-state index contributed by atoms with van der Waals surface area (Å²) in [6, 6.07) is 19.8. The molecule has 0 spiro atoms. The van der Waals surface area contributed by atoms with Crippen molar-refractivity contribution in [1.29, 1.82) is 0 Å². The van der Waals surface area contributed by atoms with Crippen molar-refractivity contribution in [2.45, 2.75) is 0 Å². The first-order valence-electron chi connectivity index (χ1n) is 8.86. The highest BCUT2D eigenvalue weighted by molar-refractivity contribution is 5.88. The molecule has 1 heterocycles. The molecule has 0 saturated carbocycles. The lowest BCUT2D eigenvalue weighted by molar-refractivity contribution is 0.415. The molecule has 0 saturated heterocycles. The summed E-state index contributed by atoms with van der Waals surface area (Å²) >= 11 is 0. The summed E-state index contributed by atoms with van der Waals surface area (Å²) < 4.78 is 20.9. The van der Waals surface area contributed by atoms with Crippen molar-refractivity contribution >= 4 is 10.8 Å². The van der Waals surface area contributed by atoms with Gasteiger partial charge in [0.05, 0.1) is 27.5 Å². The van der Waals surface area contributed by atoms with Gasteiger partial charge in [-0.25, -0.2) is 4.98 Å². The molecule has 3 aromatic carbocycles. The Morgan fingerprint density at radius 2 is 1.42 bits per heavy atom. The average molecular weight is 345 g/mol. The first-order chi connectivity index (χ1) is 13.1. The van der Waals surface area contributed by atoms with Gasteiger partial charge in [-0.2, -0.15) is 0 Å². The molecule has 4 heteroatoms. The molecule has 0 aliphatic heterocycles. The van der Waals surface area contributed by atoms with Crippen LogP contribution in [0.1, 0.15) is 1.37 Å². The van der Waals surface area contributed by atoms with Gasteiger partial charge in [0.2, 0.25) is 0 Å². The summed E-state index contributed by atoms with van der Waals surface area (Å²) in [5.74, 6) is 2.38. The first kappa shape index (κ1) is 15.0. The molecular formula is C22H20N2O2. The lowest BCUT2D eigenvalue weighted by atomic mass is 10.0. The molecule has 4 aromatic rings. The molecule has 130 valence electrons. The lowest BCUT2D eigenvalue weighted by Crippen LogP contribution is -1.95. The van der Waals surface area contributed by atoms with Gasteiger partial charge in [-0.3, -0.25) is 0 Å². The van der Waals surface area contributed by atoms with Crippen LogP contribution in [-0.2, 0) is 7.05 Å². The van der Waals surface area contributed by atoms with Gasteiger partial charge in [-0.05, 0) is 53.2 Å². The molecule has 0 radical (unpaired) electrons. The van der Waals surface area contributed by atoms with Crippen LogP contribution >= 0.6 is 0 Å². The van der Waals surface area contributed by atoms with E-state index in [9.17, 15) is 0 Å². The van der Waals surface area contributed by atoms with Crippen molar-refractivity contribution in [1.82, 2.24) is 9.55 Å².